The van der Waals surface area contributed by atoms with Crippen LogP contribution in [0.5, 0.6) is 0 Å². The number of non-ortho nitro benzene ring substituents is 1. The molecule has 2 aromatic carbocycles. The highest BCUT2D eigenvalue weighted by atomic mass is 16.6. The number of Topliss-reactive ketones (excluding diaryl/α,β-unsaturated/α-hetero) is 1. The van der Waals surface area contributed by atoms with Crippen LogP contribution in [0.15, 0.2) is 54.6 Å². The first-order chi connectivity index (χ1) is 13.4. The van der Waals surface area contributed by atoms with Crippen molar-refractivity contribution in [3.8, 4) is 0 Å². The summed E-state index contributed by atoms with van der Waals surface area (Å²) in [5, 5.41) is 10.7. The van der Waals surface area contributed by atoms with Gasteiger partial charge in [-0.2, -0.15) is 0 Å². The second kappa shape index (κ2) is 7.99. The minimum Gasteiger partial charge on any atom is -0.454 e. The summed E-state index contributed by atoms with van der Waals surface area (Å²) < 4.78 is 5.28. The van der Waals surface area contributed by atoms with E-state index in [-0.39, 0.29) is 30.3 Å². The first kappa shape index (κ1) is 19.2. The summed E-state index contributed by atoms with van der Waals surface area (Å²) in [6, 6.07) is 14.0. The van der Waals surface area contributed by atoms with Gasteiger partial charge >= 0.3 is 5.97 Å². The molecule has 0 radical (unpaired) electrons. The summed E-state index contributed by atoms with van der Waals surface area (Å²) in [5.74, 6) is -1.91. The van der Waals surface area contributed by atoms with Gasteiger partial charge in [-0.25, -0.2) is 0 Å². The third-order valence-electron chi connectivity index (χ3n) is 4.55. The molecule has 0 aliphatic carbocycles. The van der Waals surface area contributed by atoms with Gasteiger partial charge in [0.1, 0.15) is 0 Å². The molecular weight excluding hydrogens is 364 g/mol. The van der Waals surface area contributed by atoms with E-state index in [9.17, 15) is 24.5 Å². The number of esters is 1. The number of ether oxygens (including phenoxy) is 1. The zero-order valence-corrected chi connectivity index (χ0v) is 15.1. The highest BCUT2D eigenvalue weighted by Crippen LogP contribution is 2.27. The quantitative estimate of drug-likeness (QED) is 0.329. The maximum absolute atomic E-state index is 12.4. The topological polar surface area (TPSA) is 107 Å². The average molecular weight is 382 g/mol. The lowest BCUT2D eigenvalue weighted by Crippen LogP contribution is -2.30. The maximum Gasteiger partial charge on any atom is 0.312 e. The molecule has 1 aliphatic rings. The molecule has 0 N–H and O–H groups in total. The van der Waals surface area contributed by atoms with Crippen LogP contribution in [0.2, 0.25) is 0 Å². The SMILES string of the molecule is C[C@@H](OC(=O)[C@@H]1CC(=O)N(c2ccc([N+](=O)[O-])cc2)C1)C(=O)c1ccccc1. The molecule has 0 aromatic heterocycles. The highest BCUT2D eigenvalue weighted by Gasteiger charge is 2.37. The fraction of sp³-hybridized carbons (Fsp3) is 0.250. The van der Waals surface area contributed by atoms with Crippen molar-refractivity contribution in [3.05, 3.63) is 70.3 Å². The van der Waals surface area contributed by atoms with Crippen LogP contribution < -0.4 is 4.90 Å². The second-order valence-corrected chi connectivity index (χ2v) is 6.49. The van der Waals surface area contributed by atoms with Gasteiger partial charge in [-0.05, 0) is 19.1 Å². The van der Waals surface area contributed by atoms with Gasteiger partial charge in [0.15, 0.2) is 6.10 Å². The molecule has 144 valence electrons. The number of hydrogen-bond acceptors (Lipinski definition) is 6. The van der Waals surface area contributed by atoms with Crippen molar-refractivity contribution >= 4 is 29.0 Å². The Hall–Kier alpha value is -3.55. The highest BCUT2D eigenvalue weighted by molar-refractivity contribution is 6.02. The van der Waals surface area contributed by atoms with Crippen molar-refractivity contribution in [2.75, 3.05) is 11.4 Å². The van der Waals surface area contributed by atoms with Crippen LogP contribution in [-0.4, -0.2) is 35.2 Å². The molecule has 0 spiro atoms. The van der Waals surface area contributed by atoms with Gasteiger partial charge in [0.2, 0.25) is 11.7 Å². The number of nitro groups is 1. The predicted molar refractivity (Wildman–Crippen MR) is 99.9 cm³/mol. The lowest BCUT2D eigenvalue weighted by Gasteiger charge is -2.17. The van der Waals surface area contributed by atoms with E-state index in [0.29, 0.717) is 11.3 Å². The zero-order valence-electron chi connectivity index (χ0n) is 15.1. The molecule has 1 fully saturated rings. The summed E-state index contributed by atoms with van der Waals surface area (Å²) in [6.45, 7) is 1.60. The number of nitrogens with zero attached hydrogens (tertiary/aromatic N) is 2. The fourth-order valence-electron chi connectivity index (χ4n) is 3.03. The van der Waals surface area contributed by atoms with E-state index < -0.39 is 22.9 Å². The molecule has 2 aromatic rings. The summed E-state index contributed by atoms with van der Waals surface area (Å²) in [5.41, 5.74) is 0.830. The van der Waals surface area contributed by atoms with E-state index in [1.54, 1.807) is 30.3 Å². The fourth-order valence-corrected chi connectivity index (χ4v) is 3.03. The molecule has 1 aliphatic heterocycles. The van der Waals surface area contributed by atoms with E-state index in [2.05, 4.69) is 0 Å². The average Bonchev–Trinajstić information content (AvgIpc) is 3.10. The zero-order chi connectivity index (χ0) is 20.3. The Morgan fingerprint density at radius 2 is 1.79 bits per heavy atom. The Bertz CT molecular complexity index is 910. The standard InChI is InChI=1S/C20H18N2O6/c1-13(19(24)14-5-3-2-4-6-14)28-20(25)15-11-18(23)21(12-15)16-7-9-17(10-8-16)22(26)27/h2-10,13,15H,11-12H2,1H3/t13-,15-/m1/s1. The number of carbonyl (C=O) groups excluding carboxylic acids is 3. The number of nitro benzene ring substituents is 1. The molecule has 0 bridgehead atoms. The number of hydrogen-bond donors (Lipinski definition) is 0. The van der Waals surface area contributed by atoms with E-state index in [0.717, 1.165) is 0 Å². The smallest absolute Gasteiger partial charge is 0.312 e. The Labute approximate surface area is 160 Å². The number of anilines is 1. The van der Waals surface area contributed by atoms with Crippen LogP contribution >= 0.6 is 0 Å². The van der Waals surface area contributed by atoms with E-state index in [1.807, 2.05) is 0 Å². The van der Waals surface area contributed by atoms with Gasteiger partial charge in [0, 0.05) is 36.3 Å². The molecule has 8 nitrogen and oxygen atoms in total. The summed E-state index contributed by atoms with van der Waals surface area (Å²) >= 11 is 0. The van der Waals surface area contributed by atoms with Crippen molar-refractivity contribution in [2.24, 2.45) is 5.92 Å². The van der Waals surface area contributed by atoms with Gasteiger partial charge in [-0.3, -0.25) is 24.5 Å². The lowest BCUT2D eigenvalue weighted by molar-refractivity contribution is -0.384. The number of amides is 1. The third-order valence-corrected chi connectivity index (χ3v) is 4.55. The van der Waals surface area contributed by atoms with Crippen LogP contribution in [0.4, 0.5) is 11.4 Å². The Balaban J connectivity index is 1.63. The number of ketones is 1. The first-order valence-corrected chi connectivity index (χ1v) is 8.71. The molecular formula is C20H18N2O6. The number of carbonyl (C=O) groups is 3. The molecule has 0 saturated carbocycles. The molecule has 28 heavy (non-hydrogen) atoms. The summed E-state index contributed by atoms with van der Waals surface area (Å²) in [6.07, 6.45) is -0.999. The molecule has 0 unspecified atom stereocenters. The van der Waals surface area contributed by atoms with E-state index in [1.165, 1.54) is 36.1 Å². The predicted octanol–water partition coefficient (Wildman–Crippen LogP) is 2.76. The van der Waals surface area contributed by atoms with E-state index in [4.69, 9.17) is 4.74 Å². The van der Waals surface area contributed by atoms with Crippen molar-refractivity contribution in [3.63, 3.8) is 0 Å². The monoisotopic (exact) mass is 382 g/mol. The third kappa shape index (κ3) is 4.06. The van der Waals surface area contributed by atoms with Crippen molar-refractivity contribution in [2.45, 2.75) is 19.4 Å². The van der Waals surface area contributed by atoms with Gasteiger partial charge < -0.3 is 9.64 Å². The largest absolute Gasteiger partial charge is 0.454 e. The van der Waals surface area contributed by atoms with Crippen LogP contribution in [0, 0.1) is 16.0 Å². The number of rotatable bonds is 6. The van der Waals surface area contributed by atoms with Crippen LogP contribution in [0.3, 0.4) is 0 Å². The van der Waals surface area contributed by atoms with Gasteiger partial charge in [-0.1, -0.05) is 30.3 Å². The number of benzene rings is 2. The van der Waals surface area contributed by atoms with Crippen molar-refractivity contribution in [1.82, 2.24) is 0 Å². The molecule has 1 amide bonds. The van der Waals surface area contributed by atoms with Crippen molar-refractivity contribution < 1.29 is 24.0 Å². The van der Waals surface area contributed by atoms with Crippen LogP contribution in [0.1, 0.15) is 23.7 Å². The molecule has 1 saturated heterocycles. The minimum atomic E-state index is -0.960. The maximum atomic E-state index is 12.4. The molecule has 2 atom stereocenters. The van der Waals surface area contributed by atoms with Gasteiger partial charge in [0.25, 0.3) is 5.69 Å². The lowest BCUT2D eigenvalue weighted by atomic mass is 10.1. The Morgan fingerprint density at radius 3 is 2.39 bits per heavy atom. The first-order valence-electron chi connectivity index (χ1n) is 8.71. The Morgan fingerprint density at radius 1 is 1.14 bits per heavy atom. The summed E-state index contributed by atoms with van der Waals surface area (Å²) in [4.78, 5) is 48.6. The van der Waals surface area contributed by atoms with E-state index >= 15 is 0 Å². The van der Waals surface area contributed by atoms with Crippen LogP contribution in [0.25, 0.3) is 0 Å². The molecule has 1 heterocycles. The minimum absolute atomic E-state index is 0.0396. The Kier molecular flexibility index (Phi) is 5.49. The van der Waals surface area contributed by atoms with Gasteiger partial charge in [0.05, 0.1) is 10.8 Å². The molecule has 8 heteroatoms. The van der Waals surface area contributed by atoms with Gasteiger partial charge in [-0.15, -0.1) is 0 Å². The summed E-state index contributed by atoms with van der Waals surface area (Å²) in [7, 11) is 0. The van der Waals surface area contributed by atoms with Crippen molar-refractivity contribution in [1.29, 1.82) is 0 Å². The second-order valence-electron chi connectivity index (χ2n) is 6.49. The normalized spacial score (nSPS) is 17.2. The van der Waals surface area contributed by atoms with Crippen LogP contribution in [-0.2, 0) is 14.3 Å². The molecule has 3 rings (SSSR count).